The van der Waals surface area contributed by atoms with Crippen LogP contribution >= 0.6 is 11.6 Å². The molecule has 0 aliphatic carbocycles. The van der Waals surface area contributed by atoms with Gasteiger partial charge in [0.1, 0.15) is 0 Å². The summed E-state index contributed by atoms with van der Waals surface area (Å²) < 4.78 is 0. The summed E-state index contributed by atoms with van der Waals surface area (Å²) in [5.74, 6) is 0. The largest absolute Gasteiger partial charge is 0.301 e. The Bertz CT molecular complexity index is 605. The first-order valence-corrected chi connectivity index (χ1v) is 9.89. The summed E-state index contributed by atoms with van der Waals surface area (Å²) >= 11 is 5.81. The number of hydrazine groups is 1. The fourth-order valence-corrected chi connectivity index (χ4v) is 3.24. The highest BCUT2D eigenvalue weighted by atomic mass is 35.5. The first kappa shape index (κ1) is 20.9. The van der Waals surface area contributed by atoms with Crippen molar-refractivity contribution >= 4 is 11.6 Å². The van der Waals surface area contributed by atoms with Crippen LogP contribution in [0.2, 0.25) is 5.02 Å². The van der Waals surface area contributed by atoms with Crippen molar-refractivity contribution in [3.05, 3.63) is 70.7 Å². The maximum absolute atomic E-state index is 5.81. The zero-order valence-corrected chi connectivity index (χ0v) is 17.1. The first-order valence-electron chi connectivity index (χ1n) is 9.51. The summed E-state index contributed by atoms with van der Waals surface area (Å²) in [5, 5.41) is 5.39. The van der Waals surface area contributed by atoms with Crippen LogP contribution in [-0.4, -0.2) is 61.7 Å². The molecule has 3 nitrogen and oxygen atoms in total. The van der Waals surface area contributed by atoms with Crippen LogP contribution in [0.1, 0.15) is 24.5 Å². The monoisotopic (exact) mass is 373 g/mol. The summed E-state index contributed by atoms with van der Waals surface area (Å²) in [6.07, 6.45) is 2.25. The molecule has 0 spiro atoms. The molecule has 0 saturated carbocycles. The fraction of sp³-hybridized carbons (Fsp3) is 0.455. The van der Waals surface area contributed by atoms with E-state index >= 15 is 0 Å². The van der Waals surface area contributed by atoms with Gasteiger partial charge >= 0.3 is 0 Å². The minimum atomic E-state index is 0.793. The number of benzene rings is 2. The predicted octanol–water partition coefficient (Wildman–Crippen LogP) is 4.42. The lowest BCUT2D eigenvalue weighted by Crippen LogP contribution is -2.51. The maximum atomic E-state index is 5.81. The van der Waals surface area contributed by atoms with E-state index in [4.69, 9.17) is 11.6 Å². The van der Waals surface area contributed by atoms with Crippen molar-refractivity contribution in [1.82, 2.24) is 14.9 Å². The standard InChI is InChI=1S/C13H11Cl.C9H21N3/c14-13-8-6-12(7-9-13)10-11-4-2-1-3-5-11;1-4-5-11-6-8-12(9-7-11)10(2)3/h1-9H,10H2;4-9H2,1-3H3. The molecule has 1 aliphatic rings. The highest BCUT2D eigenvalue weighted by molar-refractivity contribution is 6.30. The van der Waals surface area contributed by atoms with E-state index in [0.29, 0.717) is 0 Å². The third-order valence-electron chi connectivity index (χ3n) is 4.62. The number of rotatable bonds is 5. The van der Waals surface area contributed by atoms with Gasteiger partial charge in [-0.05, 0) is 42.6 Å². The Kier molecular flexibility index (Phi) is 9.13. The molecule has 1 saturated heterocycles. The predicted molar refractivity (Wildman–Crippen MR) is 113 cm³/mol. The molecule has 4 heteroatoms. The van der Waals surface area contributed by atoms with Gasteiger partial charge in [-0.25, -0.2) is 10.0 Å². The molecule has 0 aromatic heterocycles. The van der Waals surface area contributed by atoms with Crippen molar-refractivity contribution in [2.24, 2.45) is 0 Å². The van der Waals surface area contributed by atoms with Crippen molar-refractivity contribution < 1.29 is 0 Å². The van der Waals surface area contributed by atoms with Crippen LogP contribution in [0.25, 0.3) is 0 Å². The van der Waals surface area contributed by atoms with Crippen LogP contribution < -0.4 is 0 Å². The Hall–Kier alpha value is -1.39. The van der Waals surface area contributed by atoms with Gasteiger partial charge in [0, 0.05) is 45.3 Å². The van der Waals surface area contributed by atoms with Gasteiger partial charge in [0.2, 0.25) is 0 Å². The second-order valence-electron chi connectivity index (χ2n) is 6.93. The summed E-state index contributed by atoms with van der Waals surface area (Å²) in [7, 11) is 4.24. The lowest BCUT2D eigenvalue weighted by molar-refractivity contribution is -0.0185. The van der Waals surface area contributed by atoms with Gasteiger partial charge < -0.3 is 4.90 Å². The summed E-state index contributed by atoms with van der Waals surface area (Å²) in [6, 6.07) is 18.4. The van der Waals surface area contributed by atoms with E-state index in [9.17, 15) is 0 Å². The van der Waals surface area contributed by atoms with Gasteiger partial charge in [-0.15, -0.1) is 0 Å². The lowest BCUT2D eigenvalue weighted by atomic mass is 10.1. The molecular formula is C22H32ClN3. The van der Waals surface area contributed by atoms with Gasteiger partial charge in [-0.1, -0.05) is 61.0 Å². The van der Waals surface area contributed by atoms with E-state index in [-0.39, 0.29) is 0 Å². The average Bonchev–Trinajstić information content (AvgIpc) is 2.66. The van der Waals surface area contributed by atoms with Crippen LogP contribution in [0.5, 0.6) is 0 Å². The van der Waals surface area contributed by atoms with Crippen molar-refractivity contribution in [3.63, 3.8) is 0 Å². The van der Waals surface area contributed by atoms with E-state index in [1.54, 1.807) is 0 Å². The zero-order valence-electron chi connectivity index (χ0n) is 16.4. The zero-order chi connectivity index (χ0) is 18.8. The smallest absolute Gasteiger partial charge is 0.0406 e. The second-order valence-corrected chi connectivity index (χ2v) is 7.37. The second kappa shape index (κ2) is 11.3. The van der Waals surface area contributed by atoms with Crippen LogP contribution in [0.15, 0.2) is 54.6 Å². The van der Waals surface area contributed by atoms with Gasteiger partial charge in [-0.2, -0.15) is 0 Å². The molecule has 26 heavy (non-hydrogen) atoms. The fourth-order valence-electron chi connectivity index (χ4n) is 3.11. The Balaban J connectivity index is 0.000000190. The molecule has 0 N–H and O–H groups in total. The molecule has 0 amide bonds. The Morgan fingerprint density at radius 2 is 1.42 bits per heavy atom. The maximum Gasteiger partial charge on any atom is 0.0406 e. The molecule has 142 valence electrons. The number of piperazine rings is 1. The normalized spacial score (nSPS) is 15.6. The van der Waals surface area contributed by atoms with Crippen LogP contribution in [0, 0.1) is 0 Å². The SMILES string of the molecule is CCCN1CCN(N(C)C)CC1.Clc1ccc(Cc2ccccc2)cc1. The summed E-state index contributed by atoms with van der Waals surface area (Å²) in [6.45, 7) is 8.34. The Morgan fingerprint density at radius 1 is 0.846 bits per heavy atom. The van der Waals surface area contributed by atoms with Gasteiger partial charge in [0.25, 0.3) is 0 Å². The van der Waals surface area contributed by atoms with Crippen molar-refractivity contribution in [3.8, 4) is 0 Å². The molecule has 2 aromatic carbocycles. The van der Waals surface area contributed by atoms with Crippen LogP contribution in [0.4, 0.5) is 0 Å². The highest BCUT2D eigenvalue weighted by Gasteiger charge is 2.16. The van der Waals surface area contributed by atoms with E-state index in [2.05, 4.69) is 72.3 Å². The summed E-state index contributed by atoms with van der Waals surface area (Å²) in [5.41, 5.74) is 2.62. The molecule has 1 fully saturated rings. The van der Waals surface area contributed by atoms with E-state index in [0.717, 1.165) is 11.4 Å². The van der Waals surface area contributed by atoms with E-state index < -0.39 is 0 Å². The van der Waals surface area contributed by atoms with E-state index in [1.807, 2.05) is 18.2 Å². The number of halogens is 1. The van der Waals surface area contributed by atoms with Gasteiger partial charge in [-0.3, -0.25) is 0 Å². The Labute approximate surface area is 164 Å². The Morgan fingerprint density at radius 3 is 1.96 bits per heavy atom. The minimum absolute atomic E-state index is 0.793. The molecule has 1 heterocycles. The molecule has 0 unspecified atom stereocenters. The van der Waals surface area contributed by atoms with E-state index in [1.165, 1.54) is 50.3 Å². The van der Waals surface area contributed by atoms with Crippen LogP contribution in [0.3, 0.4) is 0 Å². The van der Waals surface area contributed by atoms with Crippen molar-refractivity contribution in [2.75, 3.05) is 46.8 Å². The van der Waals surface area contributed by atoms with Crippen molar-refractivity contribution in [2.45, 2.75) is 19.8 Å². The van der Waals surface area contributed by atoms with Gasteiger partial charge in [0.05, 0.1) is 0 Å². The first-order chi connectivity index (χ1) is 12.6. The highest BCUT2D eigenvalue weighted by Crippen LogP contribution is 2.13. The minimum Gasteiger partial charge on any atom is -0.301 e. The number of nitrogens with zero attached hydrogens (tertiary/aromatic N) is 3. The van der Waals surface area contributed by atoms with Crippen molar-refractivity contribution in [1.29, 1.82) is 0 Å². The molecule has 2 aromatic rings. The molecule has 3 rings (SSSR count). The number of hydrogen-bond acceptors (Lipinski definition) is 3. The average molecular weight is 374 g/mol. The quantitative estimate of drug-likeness (QED) is 0.768. The molecular weight excluding hydrogens is 342 g/mol. The molecule has 0 bridgehead atoms. The molecule has 0 atom stereocenters. The third kappa shape index (κ3) is 7.46. The molecule has 0 radical (unpaired) electrons. The summed E-state index contributed by atoms with van der Waals surface area (Å²) in [4.78, 5) is 2.54. The van der Waals surface area contributed by atoms with Gasteiger partial charge in [0.15, 0.2) is 0 Å². The topological polar surface area (TPSA) is 9.72 Å². The molecule has 1 aliphatic heterocycles. The third-order valence-corrected chi connectivity index (χ3v) is 4.87. The lowest BCUT2D eigenvalue weighted by Gasteiger charge is -2.37. The van der Waals surface area contributed by atoms with Crippen LogP contribution in [-0.2, 0) is 6.42 Å². The number of hydrogen-bond donors (Lipinski definition) is 0.